The maximum atomic E-state index is 5.17. The van der Waals surface area contributed by atoms with E-state index < -0.39 is 0 Å². The lowest BCUT2D eigenvalue weighted by atomic mass is 9.90. The first kappa shape index (κ1) is 27.4. The predicted octanol–water partition coefficient (Wildman–Crippen LogP) is 11.0. The largest absolute Gasteiger partial charge is 0.208 e. The van der Waals surface area contributed by atoms with Crippen LogP contribution in [0.5, 0.6) is 0 Å². The minimum atomic E-state index is 0.639. The zero-order valence-electron chi connectivity index (χ0n) is 25.1. The third-order valence-electron chi connectivity index (χ3n) is 8.33. The first-order chi connectivity index (χ1) is 22.8. The number of aromatic nitrogens is 3. The van der Waals surface area contributed by atoms with E-state index in [-0.39, 0.29) is 0 Å². The molecule has 46 heavy (non-hydrogen) atoms. The Hall–Kier alpha value is -6.19. The van der Waals surface area contributed by atoms with Gasteiger partial charge in [0, 0.05) is 22.3 Å². The Morgan fingerprint density at radius 2 is 0.717 bits per heavy atom. The van der Waals surface area contributed by atoms with Crippen LogP contribution in [0.15, 0.2) is 176 Å². The molecular formula is C43H29N3. The summed E-state index contributed by atoms with van der Waals surface area (Å²) >= 11 is 0. The van der Waals surface area contributed by atoms with E-state index in [4.69, 9.17) is 15.0 Å². The number of hydrogen-bond donors (Lipinski definition) is 0. The number of rotatable bonds is 6. The lowest BCUT2D eigenvalue weighted by Crippen LogP contribution is -2.01. The van der Waals surface area contributed by atoms with Gasteiger partial charge in [-0.15, -0.1) is 0 Å². The quantitative estimate of drug-likeness (QED) is 0.194. The molecule has 8 aromatic rings. The molecule has 0 aliphatic carbocycles. The van der Waals surface area contributed by atoms with Crippen molar-refractivity contribution in [3.63, 3.8) is 0 Å². The summed E-state index contributed by atoms with van der Waals surface area (Å²) in [5, 5.41) is 2.31. The molecule has 3 nitrogen and oxygen atoms in total. The summed E-state index contributed by atoms with van der Waals surface area (Å²) in [7, 11) is 0. The van der Waals surface area contributed by atoms with E-state index in [1.807, 2.05) is 48.5 Å². The van der Waals surface area contributed by atoms with Gasteiger partial charge < -0.3 is 0 Å². The maximum Gasteiger partial charge on any atom is 0.164 e. The van der Waals surface area contributed by atoms with Crippen molar-refractivity contribution < 1.29 is 0 Å². The summed E-state index contributed by atoms with van der Waals surface area (Å²) in [6, 6.07) is 61.1. The lowest BCUT2D eigenvalue weighted by molar-refractivity contribution is 1.07. The molecular weight excluding hydrogens is 558 g/mol. The molecule has 7 aromatic carbocycles. The summed E-state index contributed by atoms with van der Waals surface area (Å²) in [4.78, 5) is 15.3. The molecule has 0 unspecified atom stereocenters. The highest BCUT2D eigenvalue weighted by atomic mass is 15.0. The first-order valence-electron chi connectivity index (χ1n) is 15.5. The SMILES string of the molecule is c1ccc(-c2ccc3cc(-c4nc(-c5ccccc5)nc(-c5cccc(-c6ccccc6)c5-c5ccccc5)n4)ccc3c2)cc1. The average molecular weight is 588 g/mol. The highest BCUT2D eigenvalue weighted by molar-refractivity contribution is 5.94. The zero-order chi connectivity index (χ0) is 30.7. The van der Waals surface area contributed by atoms with Gasteiger partial charge in [-0.05, 0) is 50.7 Å². The number of nitrogens with zero attached hydrogens (tertiary/aromatic N) is 3. The van der Waals surface area contributed by atoms with E-state index in [2.05, 4.69) is 127 Å². The number of benzene rings is 7. The monoisotopic (exact) mass is 587 g/mol. The lowest BCUT2D eigenvalue weighted by Gasteiger charge is -2.16. The maximum absolute atomic E-state index is 5.17. The van der Waals surface area contributed by atoms with Crippen molar-refractivity contribution in [3.05, 3.63) is 176 Å². The van der Waals surface area contributed by atoms with Crippen LogP contribution in [0.25, 0.3) is 78.3 Å². The fraction of sp³-hybridized carbons (Fsp3) is 0. The van der Waals surface area contributed by atoms with Crippen molar-refractivity contribution in [3.8, 4) is 67.5 Å². The molecule has 0 radical (unpaired) electrons. The Morgan fingerprint density at radius 1 is 0.261 bits per heavy atom. The fourth-order valence-corrected chi connectivity index (χ4v) is 6.05. The highest BCUT2D eigenvalue weighted by Crippen LogP contribution is 2.40. The van der Waals surface area contributed by atoms with Gasteiger partial charge >= 0.3 is 0 Å². The number of fused-ring (bicyclic) bond motifs is 1. The van der Waals surface area contributed by atoms with Crippen LogP contribution in [0, 0.1) is 0 Å². The Morgan fingerprint density at radius 3 is 1.35 bits per heavy atom. The molecule has 0 amide bonds. The van der Waals surface area contributed by atoms with Gasteiger partial charge in [-0.2, -0.15) is 0 Å². The van der Waals surface area contributed by atoms with Crippen molar-refractivity contribution in [2.75, 3.05) is 0 Å². The number of hydrogen-bond acceptors (Lipinski definition) is 3. The molecule has 0 aliphatic heterocycles. The van der Waals surface area contributed by atoms with Gasteiger partial charge in [-0.1, -0.05) is 164 Å². The van der Waals surface area contributed by atoms with E-state index >= 15 is 0 Å². The van der Waals surface area contributed by atoms with Gasteiger partial charge in [0.1, 0.15) is 0 Å². The summed E-state index contributed by atoms with van der Waals surface area (Å²) < 4.78 is 0. The van der Waals surface area contributed by atoms with Crippen molar-refractivity contribution >= 4 is 10.8 Å². The van der Waals surface area contributed by atoms with Crippen LogP contribution in [0.1, 0.15) is 0 Å². The first-order valence-corrected chi connectivity index (χ1v) is 15.5. The molecule has 0 fully saturated rings. The van der Waals surface area contributed by atoms with Crippen molar-refractivity contribution in [2.24, 2.45) is 0 Å². The van der Waals surface area contributed by atoms with Crippen LogP contribution in [0.4, 0.5) is 0 Å². The van der Waals surface area contributed by atoms with Crippen LogP contribution in [-0.2, 0) is 0 Å². The second-order valence-corrected chi connectivity index (χ2v) is 11.3. The molecule has 3 heteroatoms. The minimum absolute atomic E-state index is 0.639. The molecule has 0 bridgehead atoms. The van der Waals surface area contributed by atoms with E-state index in [0.717, 1.165) is 44.3 Å². The Balaban J connectivity index is 1.32. The Kier molecular flexibility index (Phi) is 7.18. The normalized spacial score (nSPS) is 11.0. The summed E-state index contributed by atoms with van der Waals surface area (Å²) in [5.41, 5.74) is 9.73. The van der Waals surface area contributed by atoms with Gasteiger partial charge in [0.25, 0.3) is 0 Å². The molecule has 0 N–H and O–H groups in total. The van der Waals surface area contributed by atoms with Crippen molar-refractivity contribution in [1.82, 2.24) is 15.0 Å². The highest BCUT2D eigenvalue weighted by Gasteiger charge is 2.19. The van der Waals surface area contributed by atoms with Gasteiger partial charge in [-0.25, -0.2) is 15.0 Å². The van der Waals surface area contributed by atoms with Gasteiger partial charge in [0.2, 0.25) is 0 Å². The second kappa shape index (κ2) is 12.1. The topological polar surface area (TPSA) is 38.7 Å². The van der Waals surface area contributed by atoms with Gasteiger partial charge in [0.05, 0.1) is 0 Å². The summed E-state index contributed by atoms with van der Waals surface area (Å²) in [6.45, 7) is 0. The van der Waals surface area contributed by atoms with E-state index in [1.165, 1.54) is 16.5 Å². The third-order valence-corrected chi connectivity index (χ3v) is 8.33. The molecule has 0 spiro atoms. The van der Waals surface area contributed by atoms with Crippen LogP contribution in [0.3, 0.4) is 0 Å². The Bertz CT molecular complexity index is 2280. The van der Waals surface area contributed by atoms with E-state index in [9.17, 15) is 0 Å². The molecule has 0 saturated heterocycles. The van der Waals surface area contributed by atoms with Crippen molar-refractivity contribution in [2.45, 2.75) is 0 Å². The van der Waals surface area contributed by atoms with Crippen LogP contribution in [-0.4, -0.2) is 15.0 Å². The van der Waals surface area contributed by atoms with Crippen LogP contribution in [0.2, 0.25) is 0 Å². The Labute approximate surface area is 268 Å². The van der Waals surface area contributed by atoms with E-state index in [1.54, 1.807) is 0 Å². The third kappa shape index (κ3) is 5.36. The van der Waals surface area contributed by atoms with Crippen LogP contribution >= 0.6 is 0 Å². The smallest absolute Gasteiger partial charge is 0.164 e. The summed E-state index contributed by atoms with van der Waals surface area (Å²) in [6.07, 6.45) is 0. The molecule has 216 valence electrons. The molecule has 1 heterocycles. The molecule has 1 aromatic heterocycles. The molecule has 0 aliphatic rings. The van der Waals surface area contributed by atoms with Gasteiger partial charge in [-0.3, -0.25) is 0 Å². The molecule has 8 rings (SSSR count). The fourth-order valence-electron chi connectivity index (χ4n) is 6.05. The molecule has 0 saturated carbocycles. The van der Waals surface area contributed by atoms with E-state index in [0.29, 0.717) is 17.5 Å². The average Bonchev–Trinajstić information content (AvgIpc) is 3.15. The standard InChI is InChI=1S/C43H29N3/c1-5-14-30(15-6-1)34-24-25-36-29-37(27-26-35(36)28-34)42-44-41(33-20-11-4-12-21-33)45-43(46-42)39-23-13-22-38(31-16-7-2-8-17-31)40(39)32-18-9-3-10-19-32/h1-29H. The predicted molar refractivity (Wildman–Crippen MR) is 190 cm³/mol. The summed E-state index contributed by atoms with van der Waals surface area (Å²) in [5.74, 6) is 1.92. The van der Waals surface area contributed by atoms with Gasteiger partial charge in [0.15, 0.2) is 17.5 Å². The van der Waals surface area contributed by atoms with Crippen LogP contribution < -0.4 is 0 Å². The molecule has 0 atom stereocenters. The van der Waals surface area contributed by atoms with Crippen molar-refractivity contribution in [1.29, 1.82) is 0 Å². The minimum Gasteiger partial charge on any atom is -0.208 e. The second-order valence-electron chi connectivity index (χ2n) is 11.3. The zero-order valence-corrected chi connectivity index (χ0v) is 25.1.